The summed E-state index contributed by atoms with van der Waals surface area (Å²) in [6.45, 7) is 1.45. The van der Waals surface area contributed by atoms with Gasteiger partial charge in [0.25, 0.3) is 0 Å². The van der Waals surface area contributed by atoms with Crippen molar-refractivity contribution < 1.29 is 17.9 Å². The SMILES string of the molecule is COc1ccc(Cl)cc1S(=O)(=O)N[C@H](C)C(=O)Nc1cccc(Br)c1. The fraction of sp³-hybridized carbons (Fsp3) is 0.188. The number of nitrogens with one attached hydrogen (secondary N) is 2. The molecule has 0 aliphatic heterocycles. The number of carbonyl (C=O) groups excluding carboxylic acids is 1. The monoisotopic (exact) mass is 446 g/mol. The first-order valence-electron chi connectivity index (χ1n) is 7.15. The molecule has 9 heteroatoms. The predicted molar refractivity (Wildman–Crippen MR) is 101 cm³/mol. The van der Waals surface area contributed by atoms with Gasteiger partial charge in [0.2, 0.25) is 15.9 Å². The van der Waals surface area contributed by atoms with E-state index in [1.54, 1.807) is 18.2 Å². The van der Waals surface area contributed by atoms with Crippen molar-refractivity contribution in [3.8, 4) is 5.75 Å². The Morgan fingerprint density at radius 1 is 1.24 bits per heavy atom. The van der Waals surface area contributed by atoms with E-state index in [9.17, 15) is 13.2 Å². The van der Waals surface area contributed by atoms with E-state index in [1.807, 2.05) is 6.07 Å². The molecule has 0 saturated carbocycles. The Labute approximate surface area is 159 Å². The number of methoxy groups -OCH3 is 1. The van der Waals surface area contributed by atoms with Crippen LogP contribution in [0.25, 0.3) is 0 Å². The second kappa shape index (κ2) is 8.18. The van der Waals surface area contributed by atoms with Gasteiger partial charge in [0.1, 0.15) is 10.6 Å². The van der Waals surface area contributed by atoms with Crippen LogP contribution < -0.4 is 14.8 Å². The molecule has 2 N–H and O–H groups in total. The summed E-state index contributed by atoms with van der Waals surface area (Å²) in [6, 6.07) is 10.2. The summed E-state index contributed by atoms with van der Waals surface area (Å²) in [5.41, 5.74) is 0.547. The van der Waals surface area contributed by atoms with E-state index in [-0.39, 0.29) is 15.7 Å². The largest absolute Gasteiger partial charge is 0.495 e. The highest BCUT2D eigenvalue weighted by molar-refractivity contribution is 9.10. The van der Waals surface area contributed by atoms with E-state index in [2.05, 4.69) is 26.0 Å². The highest BCUT2D eigenvalue weighted by Crippen LogP contribution is 2.27. The fourth-order valence-electron chi connectivity index (χ4n) is 2.03. The average Bonchev–Trinajstić information content (AvgIpc) is 2.54. The van der Waals surface area contributed by atoms with Crippen LogP contribution in [0.5, 0.6) is 5.75 Å². The van der Waals surface area contributed by atoms with Crippen molar-refractivity contribution in [3.05, 3.63) is 52.0 Å². The van der Waals surface area contributed by atoms with Gasteiger partial charge in [-0.05, 0) is 43.3 Å². The number of hydrogen-bond donors (Lipinski definition) is 2. The van der Waals surface area contributed by atoms with Crippen LogP contribution in [0.1, 0.15) is 6.92 Å². The smallest absolute Gasteiger partial charge is 0.245 e. The first-order valence-corrected chi connectivity index (χ1v) is 9.80. The Balaban J connectivity index is 2.17. The van der Waals surface area contributed by atoms with Crippen LogP contribution in [0.3, 0.4) is 0 Å². The second-order valence-electron chi connectivity index (χ2n) is 5.14. The molecule has 0 spiro atoms. The maximum absolute atomic E-state index is 12.5. The van der Waals surface area contributed by atoms with Crippen molar-refractivity contribution in [1.29, 1.82) is 0 Å². The average molecular weight is 448 g/mol. The summed E-state index contributed by atoms with van der Waals surface area (Å²) in [7, 11) is -2.65. The van der Waals surface area contributed by atoms with Crippen LogP contribution in [0.15, 0.2) is 51.8 Å². The van der Waals surface area contributed by atoms with Gasteiger partial charge < -0.3 is 10.1 Å². The summed E-state index contributed by atoms with van der Waals surface area (Å²) in [5.74, 6) is -0.362. The first-order chi connectivity index (χ1) is 11.7. The van der Waals surface area contributed by atoms with Crippen molar-refractivity contribution in [2.24, 2.45) is 0 Å². The number of halogens is 2. The van der Waals surface area contributed by atoms with E-state index in [4.69, 9.17) is 16.3 Å². The summed E-state index contributed by atoms with van der Waals surface area (Å²) in [5, 5.41) is 2.89. The summed E-state index contributed by atoms with van der Waals surface area (Å²) in [6.07, 6.45) is 0. The van der Waals surface area contributed by atoms with Crippen molar-refractivity contribution in [2.75, 3.05) is 12.4 Å². The van der Waals surface area contributed by atoms with E-state index < -0.39 is 22.0 Å². The van der Waals surface area contributed by atoms with E-state index in [0.717, 1.165) is 4.47 Å². The number of ether oxygens (including phenoxy) is 1. The van der Waals surface area contributed by atoms with Gasteiger partial charge in [-0.2, -0.15) is 4.72 Å². The molecule has 25 heavy (non-hydrogen) atoms. The molecule has 0 bridgehead atoms. The number of hydrogen-bond acceptors (Lipinski definition) is 4. The van der Waals surface area contributed by atoms with Crippen LogP contribution in [0.2, 0.25) is 5.02 Å². The quantitative estimate of drug-likeness (QED) is 0.711. The summed E-state index contributed by atoms with van der Waals surface area (Å²) in [4.78, 5) is 12.1. The third-order valence-electron chi connectivity index (χ3n) is 3.23. The first kappa shape index (κ1) is 19.7. The number of anilines is 1. The molecule has 6 nitrogen and oxygen atoms in total. The number of sulfonamides is 1. The Hall–Kier alpha value is -1.61. The minimum absolute atomic E-state index is 0.135. The van der Waals surface area contributed by atoms with Gasteiger partial charge in [0.15, 0.2) is 0 Å². The number of benzene rings is 2. The molecule has 0 radical (unpaired) electrons. The highest BCUT2D eigenvalue weighted by Gasteiger charge is 2.25. The van der Waals surface area contributed by atoms with Gasteiger partial charge in [-0.3, -0.25) is 4.79 Å². The Kier molecular flexibility index (Phi) is 6.45. The van der Waals surface area contributed by atoms with Crippen LogP contribution >= 0.6 is 27.5 Å². The Morgan fingerprint density at radius 3 is 2.60 bits per heavy atom. The molecule has 2 aromatic rings. The molecule has 1 amide bonds. The zero-order chi connectivity index (χ0) is 18.6. The molecule has 0 heterocycles. The molecular formula is C16H16BrClN2O4S. The minimum atomic E-state index is -4.00. The van der Waals surface area contributed by atoms with Gasteiger partial charge in [-0.1, -0.05) is 33.6 Å². The lowest BCUT2D eigenvalue weighted by Gasteiger charge is -2.16. The second-order valence-corrected chi connectivity index (χ2v) is 8.17. The van der Waals surface area contributed by atoms with Gasteiger partial charge in [-0.25, -0.2) is 8.42 Å². The molecule has 0 aliphatic carbocycles. The molecule has 0 aromatic heterocycles. The highest BCUT2D eigenvalue weighted by atomic mass is 79.9. The molecule has 2 rings (SSSR count). The summed E-state index contributed by atoms with van der Waals surface area (Å²) >= 11 is 9.17. The number of amides is 1. The van der Waals surface area contributed by atoms with Gasteiger partial charge in [-0.15, -0.1) is 0 Å². The van der Waals surface area contributed by atoms with Crippen LogP contribution in [0, 0.1) is 0 Å². The maximum Gasteiger partial charge on any atom is 0.245 e. The Bertz CT molecular complexity index is 889. The normalized spacial score (nSPS) is 12.5. The van der Waals surface area contributed by atoms with Gasteiger partial charge in [0, 0.05) is 15.2 Å². The topological polar surface area (TPSA) is 84.5 Å². The lowest BCUT2D eigenvalue weighted by molar-refractivity contribution is -0.117. The van der Waals surface area contributed by atoms with Crippen LogP contribution in [-0.4, -0.2) is 27.5 Å². The molecule has 2 aromatic carbocycles. The minimum Gasteiger partial charge on any atom is -0.495 e. The molecular weight excluding hydrogens is 432 g/mol. The third-order valence-corrected chi connectivity index (χ3v) is 5.52. The van der Waals surface area contributed by atoms with Gasteiger partial charge in [0.05, 0.1) is 13.2 Å². The molecule has 0 fully saturated rings. The third kappa shape index (κ3) is 5.18. The molecule has 0 unspecified atom stereocenters. The van der Waals surface area contributed by atoms with Crippen LogP contribution in [0.4, 0.5) is 5.69 Å². The standard InChI is InChI=1S/C16H16BrClN2O4S/c1-10(16(21)19-13-5-3-4-11(17)8-13)20-25(22,23)15-9-12(18)6-7-14(15)24-2/h3-10,20H,1-2H3,(H,19,21)/t10-/m1/s1. The zero-order valence-electron chi connectivity index (χ0n) is 13.4. The molecule has 0 aliphatic rings. The predicted octanol–water partition coefficient (Wildman–Crippen LogP) is 3.42. The van der Waals surface area contributed by atoms with Crippen LogP contribution in [-0.2, 0) is 14.8 Å². The maximum atomic E-state index is 12.5. The number of rotatable bonds is 6. The van der Waals surface area contributed by atoms with E-state index in [0.29, 0.717) is 5.69 Å². The summed E-state index contributed by atoms with van der Waals surface area (Å²) < 4.78 is 33.3. The van der Waals surface area contributed by atoms with E-state index >= 15 is 0 Å². The number of carbonyl (C=O) groups is 1. The van der Waals surface area contributed by atoms with Crippen molar-refractivity contribution in [1.82, 2.24) is 4.72 Å². The Morgan fingerprint density at radius 2 is 1.96 bits per heavy atom. The van der Waals surface area contributed by atoms with Crippen molar-refractivity contribution in [3.63, 3.8) is 0 Å². The van der Waals surface area contributed by atoms with Crippen molar-refractivity contribution in [2.45, 2.75) is 17.9 Å². The fourth-order valence-corrected chi connectivity index (χ4v) is 4.06. The molecule has 134 valence electrons. The molecule has 1 atom stereocenters. The lowest BCUT2D eigenvalue weighted by atomic mass is 10.3. The molecule has 0 saturated heterocycles. The van der Waals surface area contributed by atoms with E-state index in [1.165, 1.54) is 32.2 Å². The van der Waals surface area contributed by atoms with Crippen molar-refractivity contribution >= 4 is 49.1 Å². The lowest BCUT2D eigenvalue weighted by Crippen LogP contribution is -2.41. The van der Waals surface area contributed by atoms with Gasteiger partial charge >= 0.3 is 0 Å². The zero-order valence-corrected chi connectivity index (χ0v) is 16.6.